The summed E-state index contributed by atoms with van der Waals surface area (Å²) < 4.78 is 57.0. The van der Waals surface area contributed by atoms with E-state index >= 15 is 0 Å². The number of aryl methyl sites for hydroxylation is 1. The lowest BCUT2D eigenvalue weighted by atomic mass is 9.97. The molecule has 0 saturated heterocycles. The summed E-state index contributed by atoms with van der Waals surface area (Å²) in [5.41, 5.74) is 2.67. The van der Waals surface area contributed by atoms with Crippen molar-refractivity contribution in [2.75, 3.05) is 6.54 Å². The molecule has 0 saturated carbocycles. The van der Waals surface area contributed by atoms with E-state index < -0.39 is 27.4 Å². The average molecular weight is 569 g/mol. The topological polar surface area (TPSA) is 138 Å². The van der Waals surface area contributed by atoms with E-state index in [2.05, 4.69) is 5.32 Å². The fourth-order valence-corrected chi connectivity index (χ4v) is 6.36. The lowest BCUT2D eigenvalue weighted by Crippen LogP contribution is -2.33. The van der Waals surface area contributed by atoms with E-state index in [4.69, 9.17) is 13.6 Å². The van der Waals surface area contributed by atoms with Crippen LogP contribution >= 0.6 is 0 Å². The van der Waals surface area contributed by atoms with Crippen molar-refractivity contribution in [3.63, 3.8) is 0 Å². The summed E-state index contributed by atoms with van der Waals surface area (Å²) >= 11 is 0. The number of nitrogens with one attached hydrogen (secondary N) is 1. The van der Waals surface area contributed by atoms with Gasteiger partial charge in [0.15, 0.2) is 18.1 Å². The van der Waals surface area contributed by atoms with Crippen LogP contribution in [-0.2, 0) is 45.4 Å². The number of benzene rings is 2. The fraction of sp³-hybridized carbons (Fsp3) is 0.250. The Kier molecular flexibility index (Phi) is 7.19. The lowest BCUT2D eigenvalue weighted by Gasteiger charge is -2.17. The van der Waals surface area contributed by atoms with E-state index in [0.717, 1.165) is 12.1 Å². The minimum absolute atomic E-state index is 0.0371. The van der Waals surface area contributed by atoms with E-state index in [1.165, 1.54) is 25.1 Å². The van der Waals surface area contributed by atoms with Crippen molar-refractivity contribution in [2.45, 2.75) is 49.6 Å². The van der Waals surface area contributed by atoms with Crippen LogP contribution < -0.4 is 11.1 Å². The van der Waals surface area contributed by atoms with Crippen LogP contribution in [0.25, 0.3) is 0 Å². The Labute approximate surface area is 228 Å². The van der Waals surface area contributed by atoms with E-state index in [0.29, 0.717) is 41.0 Å². The molecule has 4 aromatic rings. The van der Waals surface area contributed by atoms with Crippen molar-refractivity contribution < 1.29 is 36.0 Å². The summed E-state index contributed by atoms with van der Waals surface area (Å²) in [5.74, 6) is -2.08. The summed E-state index contributed by atoms with van der Waals surface area (Å²) in [6.07, 6.45) is 0.556. The van der Waals surface area contributed by atoms with Gasteiger partial charge >= 0.3 is 11.8 Å². The lowest BCUT2D eigenvalue weighted by molar-refractivity contribution is -0.146. The SMILES string of the molecule is Cc1oc(=O)oc1COC(=O)Cn1c(C)c(Cc2ccccc2S(=O)(=O)c2ccc(F)cc2)c2c1CCNC2=O. The number of carbonyl (C=O) groups excluding carboxylic acids is 2. The predicted molar refractivity (Wildman–Crippen MR) is 138 cm³/mol. The van der Waals surface area contributed by atoms with Gasteiger partial charge in [-0.05, 0) is 55.3 Å². The second-order valence-corrected chi connectivity index (χ2v) is 11.2. The molecule has 1 amide bonds. The molecule has 12 heteroatoms. The molecule has 2 aromatic heterocycles. The van der Waals surface area contributed by atoms with Gasteiger partial charge in [0, 0.05) is 30.8 Å². The second-order valence-electron chi connectivity index (χ2n) is 9.31. The number of fused-ring (bicyclic) bond motifs is 1. The maximum atomic E-state index is 13.5. The van der Waals surface area contributed by atoms with Gasteiger partial charge in [0.1, 0.15) is 12.4 Å². The molecule has 0 fully saturated rings. The molecule has 10 nitrogen and oxygen atoms in total. The van der Waals surface area contributed by atoms with E-state index in [1.54, 1.807) is 29.7 Å². The maximum absolute atomic E-state index is 13.5. The first kappa shape index (κ1) is 27.1. The molecule has 0 spiro atoms. The van der Waals surface area contributed by atoms with Crippen molar-refractivity contribution in [1.29, 1.82) is 0 Å². The molecule has 3 heterocycles. The number of nitrogens with zero attached hydrogens (tertiary/aromatic N) is 1. The number of amides is 1. The Bertz CT molecular complexity index is 1780. The molecule has 1 aliphatic heterocycles. The Morgan fingerprint density at radius 3 is 2.50 bits per heavy atom. The zero-order chi connectivity index (χ0) is 28.6. The molecule has 0 aliphatic carbocycles. The van der Waals surface area contributed by atoms with Gasteiger partial charge in [-0.3, -0.25) is 9.59 Å². The summed E-state index contributed by atoms with van der Waals surface area (Å²) in [4.78, 5) is 37.0. The highest BCUT2D eigenvalue weighted by atomic mass is 32.2. The maximum Gasteiger partial charge on any atom is 0.519 e. The number of hydrogen-bond acceptors (Lipinski definition) is 8. The number of aromatic nitrogens is 1. The Balaban J connectivity index is 1.48. The summed E-state index contributed by atoms with van der Waals surface area (Å²) in [5, 5.41) is 2.81. The van der Waals surface area contributed by atoms with Crippen LogP contribution in [0.1, 0.15) is 44.4 Å². The Hall–Kier alpha value is -4.45. The molecule has 0 radical (unpaired) electrons. The molecule has 5 rings (SSSR count). The van der Waals surface area contributed by atoms with Crippen molar-refractivity contribution in [1.82, 2.24) is 9.88 Å². The van der Waals surface area contributed by atoms with E-state index in [1.807, 2.05) is 0 Å². The first-order chi connectivity index (χ1) is 19.1. The van der Waals surface area contributed by atoms with Crippen LogP contribution in [-0.4, -0.2) is 31.4 Å². The number of carbonyl (C=O) groups is 2. The number of hydrogen-bond donors (Lipinski definition) is 1. The number of halogens is 1. The van der Waals surface area contributed by atoms with Crippen LogP contribution in [0.2, 0.25) is 0 Å². The molecule has 208 valence electrons. The number of esters is 1. The molecule has 0 atom stereocenters. The smallest absolute Gasteiger partial charge is 0.456 e. The van der Waals surface area contributed by atoms with Crippen LogP contribution in [0.5, 0.6) is 0 Å². The summed E-state index contributed by atoms with van der Waals surface area (Å²) in [6, 6.07) is 11.0. The van der Waals surface area contributed by atoms with Gasteiger partial charge in [-0.15, -0.1) is 0 Å². The first-order valence-electron chi connectivity index (χ1n) is 12.4. The molecule has 1 N–H and O–H groups in total. The van der Waals surface area contributed by atoms with Gasteiger partial charge in [0.05, 0.1) is 15.4 Å². The molecule has 0 unspecified atom stereocenters. The van der Waals surface area contributed by atoms with Gasteiger partial charge < -0.3 is 23.5 Å². The van der Waals surface area contributed by atoms with Crippen LogP contribution in [0.15, 0.2) is 72.0 Å². The third-order valence-corrected chi connectivity index (χ3v) is 8.74. The van der Waals surface area contributed by atoms with Gasteiger partial charge in [-0.1, -0.05) is 18.2 Å². The van der Waals surface area contributed by atoms with Gasteiger partial charge in [0.25, 0.3) is 5.91 Å². The number of ether oxygens (including phenoxy) is 1. The highest BCUT2D eigenvalue weighted by Gasteiger charge is 2.30. The summed E-state index contributed by atoms with van der Waals surface area (Å²) in [7, 11) is -3.99. The van der Waals surface area contributed by atoms with E-state index in [9.17, 15) is 27.2 Å². The normalized spacial score (nSPS) is 13.1. The van der Waals surface area contributed by atoms with Gasteiger partial charge in [-0.2, -0.15) is 0 Å². The zero-order valence-electron chi connectivity index (χ0n) is 21.7. The van der Waals surface area contributed by atoms with Crippen LogP contribution in [0.4, 0.5) is 4.39 Å². The third kappa shape index (κ3) is 5.09. The minimum atomic E-state index is -3.99. The monoisotopic (exact) mass is 568 g/mol. The van der Waals surface area contributed by atoms with Crippen molar-refractivity contribution in [3.05, 3.63) is 105 Å². The quantitative estimate of drug-likeness (QED) is 0.253. The van der Waals surface area contributed by atoms with Crippen LogP contribution in [0, 0.1) is 19.7 Å². The number of rotatable bonds is 8. The van der Waals surface area contributed by atoms with Crippen LogP contribution in [0.3, 0.4) is 0 Å². The second kappa shape index (κ2) is 10.6. The third-order valence-electron chi connectivity index (χ3n) is 6.87. The predicted octanol–water partition coefficient (Wildman–Crippen LogP) is 3.24. The Morgan fingerprint density at radius 2 is 1.80 bits per heavy atom. The average Bonchev–Trinajstić information content (AvgIpc) is 3.38. The standard InChI is InChI=1S/C28H25FN2O8S/c1-16-21(13-18-5-3-4-6-24(18)40(35,36)20-9-7-19(29)8-10-20)26-22(11-12-30-27(26)33)31(16)14-25(32)37-15-23-17(2)38-28(34)39-23/h3-10H,11-15H2,1-2H3,(H,30,33). The first-order valence-corrected chi connectivity index (χ1v) is 13.9. The highest BCUT2D eigenvalue weighted by molar-refractivity contribution is 7.91. The van der Waals surface area contributed by atoms with Gasteiger partial charge in [-0.25, -0.2) is 17.6 Å². The molecule has 0 bridgehead atoms. The molecule has 2 aromatic carbocycles. The largest absolute Gasteiger partial charge is 0.519 e. The Morgan fingerprint density at radius 1 is 1.07 bits per heavy atom. The fourth-order valence-electron chi connectivity index (χ4n) is 4.87. The summed E-state index contributed by atoms with van der Waals surface area (Å²) in [6.45, 7) is 3.14. The van der Waals surface area contributed by atoms with Crippen molar-refractivity contribution in [3.8, 4) is 0 Å². The van der Waals surface area contributed by atoms with E-state index in [-0.39, 0.29) is 46.8 Å². The minimum Gasteiger partial charge on any atom is -0.456 e. The van der Waals surface area contributed by atoms with Crippen molar-refractivity contribution >= 4 is 21.7 Å². The molecule has 1 aliphatic rings. The zero-order valence-corrected chi connectivity index (χ0v) is 22.5. The molecular weight excluding hydrogens is 543 g/mol. The van der Waals surface area contributed by atoms with Gasteiger partial charge in [0.2, 0.25) is 9.84 Å². The highest BCUT2D eigenvalue weighted by Crippen LogP contribution is 2.32. The molecular formula is C28H25FN2O8S. The molecule has 40 heavy (non-hydrogen) atoms. The number of sulfone groups is 1. The van der Waals surface area contributed by atoms with Crippen molar-refractivity contribution in [2.24, 2.45) is 0 Å².